The molecule has 0 N–H and O–H groups in total. The summed E-state index contributed by atoms with van der Waals surface area (Å²) in [5.74, 6) is 0.341. The van der Waals surface area contributed by atoms with Crippen LogP contribution in [-0.2, 0) is 4.79 Å². The van der Waals surface area contributed by atoms with Gasteiger partial charge in [0.2, 0.25) is 5.91 Å². The van der Waals surface area contributed by atoms with Crippen LogP contribution in [0.2, 0.25) is 0 Å². The molecule has 0 spiro atoms. The van der Waals surface area contributed by atoms with E-state index in [4.69, 9.17) is 0 Å². The van der Waals surface area contributed by atoms with E-state index in [0.29, 0.717) is 5.92 Å². The van der Waals surface area contributed by atoms with Gasteiger partial charge < -0.3 is 9.80 Å². The van der Waals surface area contributed by atoms with E-state index in [1.54, 1.807) is 6.08 Å². The van der Waals surface area contributed by atoms with Crippen LogP contribution in [0, 0.1) is 17.2 Å². The van der Waals surface area contributed by atoms with E-state index in [-0.39, 0.29) is 11.8 Å². The first kappa shape index (κ1) is 17.2. The van der Waals surface area contributed by atoms with Gasteiger partial charge in [0.25, 0.3) is 0 Å². The molecule has 23 heavy (non-hydrogen) atoms. The summed E-state index contributed by atoms with van der Waals surface area (Å²) < 4.78 is 0. The Kier molecular flexibility index (Phi) is 6.37. The number of carbonyl (C=O) groups is 1. The van der Waals surface area contributed by atoms with Gasteiger partial charge in [-0.3, -0.25) is 4.79 Å². The predicted octanol–water partition coefficient (Wildman–Crippen LogP) is 2.65. The summed E-state index contributed by atoms with van der Waals surface area (Å²) in [6.07, 6.45) is 5.34. The van der Waals surface area contributed by atoms with Crippen molar-refractivity contribution in [2.75, 3.05) is 33.7 Å². The van der Waals surface area contributed by atoms with Crippen LogP contribution in [0.5, 0.6) is 0 Å². The van der Waals surface area contributed by atoms with Gasteiger partial charge in [-0.1, -0.05) is 36.4 Å². The molecule has 122 valence electrons. The lowest BCUT2D eigenvalue weighted by Gasteiger charge is -2.33. The quantitative estimate of drug-likeness (QED) is 0.785. The summed E-state index contributed by atoms with van der Waals surface area (Å²) in [5.41, 5.74) is 1.09. The van der Waals surface area contributed by atoms with Crippen molar-refractivity contribution >= 4 is 5.91 Å². The predicted molar refractivity (Wildman–Crippen MR) is 91.8 cm³/mol. The molecule has 1 saturated heterocycles. The number of hydrogen-bond donors (Lipinski definition) is 0. The Bertz CT molecular complexity index is 566. The standard InChI is InChI=1S/C19H25N3O/c1-21(2)12-6-9-19(23)22-13-10-17(11-14-22)18(15-20)16-7-4-3-5-8-16/h3-9,17-18H,10-14H2,1-2H3/b9-6+. The fraction of sp³-hybridized carbons (Fsp3) is 0.474. The molecule has 2 rings (SSSR count). The first-order chi connectivity index (χ1) is 11.1. The van der Waals surface area contributed by atoms with Crippen molar-refractivity contribution in [3.63, 3.8) is 0 Å². The third kappa shape index (κ3) is 4.94. The van der Waals surface area contributed by atoms with E-state index in [9.17, 15) is 10.1 Å². The first-order valence-electron chi connectivity index (χ1n) is 8.16. The van der Waals surface area contributed by atoms with Crippen LogP contribution in [-0.4, -0.2) is 49.4 Å². The smallest absolute Gasteiger partial charge is 0.246 e. The van der Waals surface area contributed by atoms with E-state index < -0.39 is 0 Å². The molecule has 1 aromatic rings. The molecule has 4 nitrogen and oxygen atoms in total. The second-order valence-electron chi connectivity index (χ2n) is 6.34. The highest BCUT2D eigenvalue weighted by molar-refractivity contribution is 5.87. The van der Waals surface area contributed by atoms with E-state index >= 15 is 0 Å². The molecule has 0 radical (unpaired) electrons. The van der Waals surface area contributed by atoms with Gasteiger partial charge in [-0.2, -0.15) is 5.26 Å². The van der Waals surface area contributed by atoms with Gasteiger partial charge in [0, 0.05) is 25.7 Å². The molecule has 0 bridgehead atoms. The molecular formula is C19H25N3O. The number of amides is 1. The van der Waals surface area contributed by atoms with Gasteiger partial charge >= 0.3 is 0 Å². The number of piperidine rings is 1. The van der Waals surface area contributed by atoms with Gasteiger partial charge in [0.1, 0.15) is 0 Å². The largest absolute Gasteiger partial charge is 0.339 e. The number of nitrogens with zero attached hydrogens (tertiary/aromatic N) is 3. The van der Waals surface area contributed by atoms with E-state index in [1.807, 2.05) is 60.3 Å². The number of rotatable bonds is 5. The minimum Gasteiger partial charge on any atom is -0.339 e. The molecule has 1 aromatic carbocycles. The lowest BCUT2D eigenvalue weighted by Crippen LogP contribution is -2.38. The zero-order valence-electron chi connectivity index (χ0n) is 14.0. The third-order valence-electron chi connectivity index (χ3n) is 4.35. The number of nitriles is 1. The minimum atomic E-state index is -0.0715. The number of carbonyl (C=O) groups excluding carboxylic acids is 1. The average molecular weight is 311 g/mol. The molecule has 1 aliphatic heterocycles. The summed E-state index contributed by atoms with van der Waals surface area (Å²) in [7, 11) is 3.96. The summed E-state index contributed by atoms with van der Waals surface area (Å²) in [5, 5.41) is 9.53. The summed E-state index contributed by atoms with van der Waals surface area (Å²) in [6, 6.07) is 12.4. The molecule has 0 aromatic heterocycles. The van der Waals surface area contributed by atoms with Gasteiger partial charge in [-0.15, -0.1) is 0 Å². The normalized spacial score (nSPS) is 17.4. The van der Waals surface area contributed by atoms with Crippen LogP contribution in [0.4, 0.5) is 0 Å². The molecule has 4 heteroatoms. The van der Waals surface area contributed by atoms with Gasteiger partial charge in [0.05, 0.1) is 12.0 Å². The fourth-order valence-electron chi connectivity index (χ4n) is 3.04. The number of likely N-dealkylation sites (tertiary alicyclic amines) is 1. The Morgan fingerprint density at radius 2 is 2.00 bits per heavy atom. The third-order valence-corrected chi connectivity index (χ3v) is 4.35. The van der Waals surface area contributed by atoms with Gasteiger partial charge in [-0.25, -0.2) is 0 Å². The van der Waals surface area contributed by atoms with Crippen LogP contribution in [0.3, 0.4) is 0 Å². The molecule has 1 amide bonds. The van der Waals surface area contributed by atoms with Crippen LogP contribution < -0.4 is 0 Å². The van der Waals surface area contributed by atoms with Gasteiger partial charge in [-0.05, 0) is 38.4 Å². The summed E-state index contributed by atoms with van der Waals surface area (Å²) >= 11 is 0. The fourth-order valence-corrected chi connectivity index (χ4v) is 3.04. The maximum Gasteiger partial charge on any atom is 0.246 e. The van der Waals surface area contributed by atoms with Crippen molar-refractivity contribution in [2.24, 2.45) is 5.92 Å². The second kappa shape index (κ2) is 8.50. The molecular weight excluding hydrogens is 286 g/mol. The van der Waals surface area contributed by atoms with E-state index in [2.05, 4.69) is 6.07 Å². The minimum absolute atomic E-state index is 0.0715. The molecule has 0 aliphatic carbocycles. The Hall–Kier alpha value is -2.12. The molecule has 1 aliphatic rings. The highest BCUT2D eigenvalue weighted by atomic mass is 16.2. The number of hydrogen-bond acceptors (Lipinski definition) is 3. The summed E-state index contributed by atoms with van der Waals surface area (Å²) in [4.78, 5) is 16.1. The average Bonchev–Trinajstić information content (AvgIpc) is 2.57. The maximum atomic E-state index is 12.2. The highest BCUT2D eigenvalue weighted by Gasteiger charge is 2.28. The Balaban J connectivity index is 1.89. The number of benzene rings is 1. The topological polar surface area (TPSA) is 47.3 Å². The van der Waals surface area contributed by atoms with Crippen LogP contribution in [0.15, 0.2) is 42.5 Å². The van der Waals surface area contributed by atoms with Crippen molar-refractivity contribution < 1.29 is 4.79 Å². The Morgan fingerprint density at radius 1 is 1.35 bits per heavy atom. The zero-order valence-corrected chi connectivity index (χ0v) is 14.0. The summed E-state index contributed by atoms with van der Waals surface area (Å²) in [6.45, 7) is 2.24. The molecule has 1 unspecified atom stereocenters. The lowest BCUT2D eigenvalue weighted by molar-refractivity contribution is -0.127. The van der Waals surface area contributed by atoms with E-state index in [1.165, 1.54) is 0 Å². The molecule has 1 atom stereocenters. The first-order valence-corrected chi connectivity index (χ1v) is 8.16. The Labute approximate surface area is 139 Å². The van der Waals surface area contributed by atoms with E-state index in [0.717, 1.165) is 38.0 Å². The highest BCUT2D eigenvalue weighted by Crippen LogP contribution is 2.32. The zero-order chi connectivity index (χ0) is 16.7. The second-order valence-corrected chi connectivity index (χ2v) is 6.34. The van der Waals surface area contributed by atoms with Crippen molar-refractivity contribution in [3.05, 3.63) is 48.0 Å². The molecule has 1 fully saturated rings. The Morgan fingerprint density at radius 3 is 2.57 bits per heavy atom. The van der Waals surface area contributed by atoms with Crippen molar-refractivity contribution in [2.45, 2.75) is 18.8 Å². The van der Waals surface area contributed by atoms with Crippen LogP contribution in [0.25, 0.3) is 0 Å². The SMILES string of the molecule is CN(C)C/C=C/C(=O)N1CCC(C(C#N)c2ccccc2)CC1. The van der Waals surface area contributed by atoms with Crippen molar-refractivity contribution in [3.8, 4) is 6.07 Å². The number of likely N-dealkylation sites (N-methyl/N-ethyl adjacent to an activating group) is 1. The van der Waals surface area contributed by atoms with Gasteiger partial charge in [0.15, 0.2) is 0 Å². The van der Waals surface area contributed by atoms with Crippen molar-refractivity contribution in [1.29, 1.82) is 5.26 Å². The van der Waals surface area contributed by atoms with Crippen molar-refractivity contribution in [1.82, 2.24) is 9.80 Å². The molecule has 1 heterocycles. The molecule has 0 saturated carbocycles. The van der Waals surface area contributed by atoms with Crippen LogP contribution in [0.1, 0.15) is 24.3 Å². The monoisotopic (exact) mass is 311 g/mol. The lowest BCUT2D eigenvalue weighted by atomic mass is 9.81. The van der Waals surface area contributed by atoms with Crippen LogP contribution >= 0.6 is 0 Å². The maximum absolute atomic E-state index is 12.2.